The van der Waals surface area contributed by atoms with Crippen molar-refractivity contribution < 1.29 is 0 Å². The average molecular weight is 309 g/mol. The quantitative estimate of drug-likeness (QED) is 0.917. The fourth-order valence-electron chi connectivity index (χ4n) is 2.01. The van der Waals surface area contributed by atoms with Gasteiger partial charge in [0.1, 0.15) is 5.01 Å². The zero-order chi connectivity index (χ0) is 11.8. The van der Waals surface area contributed by atoms with E-state index in [4.69, 9.17) is 4.98 Å². The maximum absolute atomic E-state index is 4.71. The minimum Gasteiger partial charge on any atom is -0.315 e. The summed E-state index contributed by atoms with van der Waals surface area (Å²) < 4.78 is 1.12. The molecular weight excluding hydrogens is 296 g/mol. The molecule has 0 bridgehead atoms. The molecule has 4 heteroatoms. The van der Waals surface area contributed by atoms with E-state index in [2.05, 4.69) is 46.4 Å². The van der Waals surface area contributed by atoms with Crippen LogP contribution in [0.3, 0.4) is 0 Å². The summed E-state index contributed by atoms with van der Waals surface area (Å²) in [6, 6.07) is 8.27. The van der Waals surface area contributed by atoms with E-state index in [1.54, 1.807) is 0 Å². The van der Waals surface area contributed by atoms with Crippen LogP contribution in [-0.2, 0) is 0 Å². The third kappa shape index (κ3) is 2.05. The van der Waals surface area contributed by atoms with Gasteiger partial charge in [0, 0.05) is 33.9 Å². The number of halogens is 1. The molecule has 17 heavy (non-hydrogen) atoms. The Bertz CT molecular complexity index is 546. The molecule has 88 valence electrons. The first-order valence-corrected chi connectivity index (χ1v) is 7.29. The Morgan fingerprint density at radius 3 is 2.76 bits per heavy atom. The molecule has 0 radical (unpaired) electrons. The number of benzene rings is 1. The lowest BCUT2D eigenvalue weighted by Crippen LogP contribution is -2.39. The summed E-state index contributed by atoms with van der Waals surface area (Å²) in [4.78, 5) is 6.14. The molecule has 3 rings (SSSR count). The van der Waals surface area contributed by atoms with Crippen molar-refractivity contribution >= 4 is 27.3 Å². The molecule has 2 aromatic rings. The van der Waals surface area contributed by atoms with Crippen LogP contribution in [0.5, 0.6) is 0 Å². The second kappa shape index (κ2) is 4.52. The summed E-state index contributed by atoms with van der Waals surface area (Å²) in [7, 11) is 0. The molecule has 0 atom stereocenters. The van der Waals surface area contributed by atoms with Crippen molar-refractivity contribution in [1.82, 2.24) is 10.3 Å². The Morgan fingerprint density at radius 1 is 1.35 bits per heavy atom. The van der Waals surface area contributed by atoms with Gasteiger partial charge in [0.15, 0.2) is 0 Å². The van der Waals surface area contributed by atoms with Gasteiger partial charge in [0.2, 0.25) is 0 Å². The summed E-state index contributed by atoms with van der Waals surface area (Å²) in [5.74, 6) is 0.670. The largest absolute Gasteiger partial charge is 0.315 e. The Hall–Kier alpha value is -0.710. The molecule has 1 aromatic carbocycles. The van der Waals surface area contributed by atoms with Gasteiger partial charge in [-0.3, -0.25) is 0 Å². The summed E-state index contributed by atoms with van der Waals surface area (Å²) in [6.07, 6.45) is 0. The number of rotatable bonds is 2. The average Bonchev–Trinajstić information content (AvgIpc) is 2.59. The molecule has 0 amide bonds. The van der Waals surface area contributed by atoms with Gasteiger partial charge in [-0.1, -0.05) is 34.1 Å². The van der Waals surface area contributed by atoms with E-state index < -0.39 is 0 Å². The normalized spacial score (nSPS) is 15.9. The number of aryl methyl sites for hydroxylation is 1. The van der Waals surface area contributed by atoms with Gasteiger partial charge in [-0.25, -0.2) is 4.98 Å². The molecule has 2 heterocycles. The third-order valence-corrected chi connectivity index (χ3v) is 5.13. The smallest absolute Gasteiger partial charge is 0.125 e. The second-order valence-corrected chi connectivity index (χ2v) is 6.19. The highest BCUT2D eigenvalue weighted by Gasteiger charge is 2.24. The van der Waals surface area contributed by atoms with Gasteiger partial charge >= 0.3 is 0 Å². The van der Waals surface area contributed by atoms with Gasteiger partial charge in [-0.05, 0) is 13.0 Å². The lowest BCUT2D eigenvalue weighted by Gasteiger charge is -2.26. The van der Waals surface area contributed by atoms with E-state index >= 15 is 0 Å². The van der Waals surface area contributed by atoms with E-state index in [1.807, 2.05) is 17.4 Å². The standard InChI is InChI=1S/C13H13BrN2S/c1-8-12(9-6-15-7-9)17-13(16-8)10-4-2-3-5-11(10)14/h2-5,9,15H,6-7H2,1H3. The zero-order valence-corrected chi connectivity index (χ0v) is 11.9. The first-order valence-electron chi connectivity index (χ1n) is 5.68. The van der Waals surface area contributed by atoms with Gasteiger partial charge in [-0.2, -0.15) is 0 Å². The highest BCUT2D eigenvalue weighted by molar-refractivity contribution is 9.10. The summed E-state index contributed by atoms with van der Waals surface area (Å²) in [5.41, 5.74) is 2.38. The molecule has 1 saturated heterocycles. The fraction of sp³-hybridized carbons (Fsp3) is 0.308. The highest BCUT2D eigenvalue weighted by atomic mass is 79.9. The lowest BCUT2D eigenvalue weighted by molar-refractivity contribution is 0.452. The van der Waals surface area contributed by atoms with Crippen LogP contribution < -0.4 is 5.32 Å². The van der Waals surface area contributed by atoms with Crippen LogP contribution in [-0.4, -0.2) is 18.1 Å². The molecule has 1 N–H and O–H groups in total. The highest BCUT2D eigenvalue weighted by Crippen LogP contribution is 2.36. The van der Waals surface area contributed by atoms with E-state index in [-0.39, 0.29) is 0 Å². The number of hydrogen-bond donors (Lipinski definition) is 1. The summed E-state index contributed by atoms with van der Waals surface area (Å²) >= 11 is 5.42. The van der Waals surface area contributed by atoms with Crippen molar-refractivity contribution in [3.63, 3.8) is 0 Å². The van der Waals surface area contributed by atoms with Crippen molar-refractivity contribution in [2.24, 2.45) is 0 Å². The van der Waals surface area contributed by atoms with Crippen LogP contribution in [0.25, 0.3) is 10.6 Å². The molecule has 0 saturated carbocycles. The number of thiazole rings is 1. The summed E-state index contributed by atoms with van der Waals surface area (Å²) in [6.45, 7) is 4.31. The third-order valence-electron chi connectivity index (χ3n) is 3.09. The predicted molar refractivity (Wildman–Crippen MR) is 75.6 cm³/mol. The molecule has 1 aromatic heterocycles. The Balaban J connectivity index is 2.01. The van der Waals surface area contributed by atoms with Crippen molar-refractivity contribution in [1.29, 1.82) is 0 Å². The zero-order valence-electron chi connectivity index (χ0n) is 9.53. The van der Waals surface area contributed by atoms with Crippen LogP contribution >= 0.6 is 27.3 Å². The predicted octanol–water partition coefficient (Wildman–Crippen LogP) is 3.57. The van der Waals surface area contributed by atoms with E-state index in [0.717, 1.165) is 22.6 Å². The van der Waals surface area contributed by atoms with Crippen molar-refractivity contribution in [2.75, 3.05) is 13.1 Å². The minimum atomic E-state index is 0.670. The number of nitrogens with one attached hydrogen (secondary N) is 1. The molecule has 1 aliphatic heterocycles. The Labute approximate surface area is 113 Å². The molecule has 1 fully saturated rings. The number of nitrogens with zero attached hydrogens (tertiary/aromatic N) is 1. The van der Waals surface area contributed by atoms with Gasteiger partial charge in [0.25, 0.3) is 0 Å². The summed E-state index contributed by atoms with van der Waals surface area (Å²) in [5, 5.41) is 4.44. The monoisotopic (exact) mass is 308 g/mol. The minimum absolute atomic E-state index is 0.670. The van der Waals surface area contributed by atoms with E-state index in [0.29, 0.717) is 5.92 Å². The Kier molecular flexibility index (Phi) is 3.03. The van der Waals surface area contributed by atoms with Gasteiger partial charge in [-0.15, -0.1) is 11.3 Å². The molecule has 0 aliphatic carbocycles. The molecule has 1 aliphatic rings. The van der Waals surface area contributed by atoms with Crippen LogP contribution in [0.2, 0.25) is 0 Å². The first kappa shape index (κ1) is 11.4. The Morgan fingerprint density at radius 2 is 2.12 bits per heavy atom. The second-order valence-electron chi connectivity index (χ2n) is 4.30. The van der Waals surface area contributed by atoms with Crippen molar-refractivity contribution in [2.45, 2.75) is 12.8 Å². The lowest BCUT2D eigenvalue weighted by atomic mass is 10.0. The maximum atomic E-state index is 4.71. The van der Waals surface area contributed by atoms with Crippen molar-refractivity contribution in [3.05, 3.63) is 39.3 Å². The maximum Gasteiger partial charge on any atom is 0.125 e. The molecule has 0 spiro atoms. The van der Waals surface area contributed by atoms with Crippen molar-refractivity contribution in [3.8, 4) is 10.6 Å². The molecule has 2 nitrogen and oxygen atoms in total. The van der Waals surface area contributed by atoms with Crippen LogP contribution in [0, 0.1) is 6.92 Å². The van der Waals surface area contributed by atoms with Gasteiger partial charge in [0.05, 0.1) is 5.69 Å². The van der Waals surface area contributed by atoms with Crippen LogP contribution in [0.15, 0.2) is 28.7 Å². The molecule has 0 unspecified atom stereocenters. The van der Waals surface area contributed by atoms with Crippen LogP contribution in [0.1, 0.15) is 16.5 Å². The topological polar surface area (TPSA) is 24.9 Å². The van der Waals surface area contributed by atoms with E-state index in [9.17, 15) is 0 Å². The fourth-order valence-corrected chi connectivity index (χ4v) is 3.82. The first-order chi connectivity index (χ1) is 8.25. The number of hydrogen-bond acceptors (Lipinski definition) is 3. The van der Waals surface area contributed by atoms with E-state index in [1.165, 1.54) is 16.1 Å². The SMILES string of the molecule is Cc1nc(-c2ccccc2Br)sc1C1CNC1. The van der Waals surface area contributed by atoms with Gasteiger partial charge < -0.3 is 5.32 Å². The molecular formula is C13H13BrN2S. The van der Waals surface area contributed by atoms with Crippen LogP contribution in [0.4, 0.5) is 0 Å². The number of aromatic nitrogens is 1.